The van der Waals surface area contributed by atoms with Gasteiger partial charge < -0.3 is 25.0 Å². The summed E-state index contributed by atoms with van der Waals surface area (Å²) >= 11 is 6.13. The normalized spacial score (nSPS) is 12.7. The molecular formula is C29H34ClN7O7. The number of rotatable bonds is 14. The zero-order valence-corrected chi connectivity index (χ0v) is 25.0. The number of aliphatic hydroxyl groups excluding tert-OH is 1. The van der Waals surface area contributed by atoms with E-state index in [-0.39, 0.29) is 44.2 Å². The van der Waals surface area contributed by atoms with Gasteiger partial charge in [0.05, 0.1) is 44.2 Å². The summed E-state index contributed by atoms with van der Waals surface area (Å²) < 4.78 is 10.8. The highest BCUT2D eigenvalue weighted by Gasteiger charge is 2.38. The Morgan fingerprint density at radius 1 is 1.02 bits per heavy atom. The van der Waals surface area contributed by atoms with Crippen molar-refractivity contribution in [3.63, 3.8) is 0 Å². The van der Waals surface area contributed by atoms with Crippen LogP contribution in [0.15, 0.2) is 60.9 Å². The number of carboxylic acids is 1. The van der Waals surface area contributed by atoms with Crippen LogP contribution >= 0.6 is 11.6 Å². The van der Waals surface area contributed by atoms with Gasteiger partial charge in [-0.15, -0.1) is 5.10 Å². The minimum absolute atomic E-state index is 0.0381. The van der Waals surface area contributed by atoms with Crippen LogP contribution in [0.1, 0.15) is 46.8 Å². The van der Waals surface area contributed by atoms with Crippen LogP contribution in [-0.4, -0.2) is 91.3 Å². The Kier molecular flexibility index (Phi) is 13.0. The quantitative estimate of drug-likeness (QED) is 0.101. The summed E-state index contributed by atoms with van der Waals surface area (Å²) in [6, 6.07) is 15.1. The second-order valence-electron chi connectivity index (χ2n) is 9.86. The molecule has 0 bridgehead atoms. The van der Waals surface area contributed by atoms with Crippen LogP contribution < -0.4 is 5.32 Å². The number of H-pyrrole nitrogens is 2. The van der Waals surface area contributed by atoms with Gasteiger partial charge in [-0.1, -0.05) is 48.0 Å². The number of benzene rings is 2. The van der Waals surface area contributed by atoms with Gasteiger partial charge in [0.1, 0.15) is 0 Å². The first-order valence-electron chi connectivity index (χ1n) is 13.6. The Bertz CT molecular complexity index is 1470. The van der Waals surface area contributed by atoms with Gasteiger partial charge >= 0.3 is 11.9 Å². The van der Waals surface area contributed by atoms with E-state index < -0.39 is 29.3 Å². The van der Waals surface area contributed by atoms with Crippen LogP contribution in [0.5, 0.6) is 0 Å². The van der Waals surface area contributed by atoms with E-state index in [1.807, 2.05) is 48.5 Å². The number of nitrogens with zero attached hydrogens (tertiary/aromatic N) is 4. The molecule has 14 nitrogen and oxygen atoms in total. The molecule has 1 amide bonds. The fraction of sp³-hybridized carbons (Fsp3) is 0.345. The first-order valence-corrected chi connectivity index (χ1v) is 14.0. The summed E-state index contributed by atoms with van der Waals surface area (Å²) in [5.41, 5.74) is 2.01. The van der Waals surface area contributed by atoms with Crippen LogP contribution in [0.3, 0.4) is 0 Å². The van der Waals surface area contributed by atoms with Crippen LogP contribution in [0.4, 0.5) is 0 Å². The third-order valence-electron chi connectivity index (χ3n) is 6.33. The van der Waals surface area contributed by atoms with E-state index in [1.54, 1.807) is 13.8 Å². The van der Waals surface area contributed by atoms with E-state index in [1.165, 1.54) is 6.20 Å². The number of ether oxygens (including phenoxy) is 2. The molecule has 4 aromatic rings. The maximum Gasteiger partial charge on any atom is 0.358 e. The number of hydrogen-bond acceptors (Lipinski definition) is 10. The Labute approximate surface area is 258 Å². The minimum Gasteiger partial charge on any atom is -0.476 e. The number of aromatic amines is 2. The molecule has 0 saturated carbocycles. The average molecular weight is 628 g/mol. The molecule has 5 N–H and O–H groups in total. The third-order valence-corrected chi connectivity index (χ3v) is 6.57. The minimum atomic E-state index is -1.07. The first kappa shape index (κ1) is 33.8. The van der Waals surface area contributed by atoms with Crippen molar-refractivity contribution in [3.8, 4) is 11.1 Å². The van der Waals surface area contributed by atoms with Gasteiger partial charge in [0.2, 0.25) is 0 Å². The molecule has 4 rings (SSSR count). The fourth-order valence-electron chi connectivity index (χ4n) is 4.25. The number of esters is 1. The van der Waals surface area contributed by atoms with E-state index >= 15 is 0 Å². The molecule has 0 saturated heterocycles. The fourth-order valence-corrected chi connectivity index (χ4v) is 4.44. The van der Waals surface area contributed by atoms with Crippen LogP contribution in [0.2, 0.25) is 5.02 Å². The molecule has 0 aliphatic rings. The van der Waals surface area contributed by atoms with E-state index in [2.05, 4.69) is 36.1 Å². The lowest BCUT2D eigenvalue weighted by molar-refractivity contribution is -0.159. The summed E-state index contributed by atoms with van der Waals surface area (Å²) in [4.78, 5) is 35.6. The molecule has 2 heterocycles. The lowest BCUT2D eigenvalue weighted by atomic mass is 9.82. The van der Waals surface area contributed by atoms with Crippen molar-refractivity contribution in [2.24, 2.45) is 5.41 Å². The maximum absolute atomic E-state index is 12.9. The highest BCUT2D eigenvalue weighted by Crippen LogP contribution is 2.29. The van der Waals surface area contributed by atoms with Gasteiger partial charge in [0.15, 0.2) is 11.4 Å². The van der Waals surface area contributed by atoms with Crippen LogP contribution in [-0.2, 0) is 20.7 Å². The van der Waals surface area contributed by atoms with Crippen molar-refractivity contribution in [1.29, 1.82) is 0 Å². The molecule has 0 radical (unpaired) electrons. The molecule has 2 aromatic heterocycles. The van der Waals surface area contributed by atoms with Gasteiger partial charge in [-0.2, -0.15) is 25.7 Å². The smallest absolute Gasteiger partial charge is 0.358 e. The van der Waals surface area contributed by atoms with Gasteiger partial charge in [-0.05, 0) is 55.5 Å². The number of aromatic carboxylic acids is 1. The molecule has 44 heavy (non-hydrogen) atoms. The van der Waals surface area contributed by atoms with Crippen molar-refractivity contribution >= 4 is 29.4 Å². The third kappa shape index (κ3) is 10.3. The number of aromatic nitrogens is 6. The number of nitrogens with one attached hydrogen (secondary N) is 3. The van der Waals surface area contributed by atoms with E-state index in [0.717, 1.165) is 22.9 Å². The molecule has 0 aliphatic heterocycles. The van der Waals surface area contributed by atoms with Gasteiger partial charge in [0, 0.05) is 11.1 Å². The number of carboxylic acid groups (broad SMARTS) is 1. The average Bonchev–Trinajstić information content (AvgIpc) is 3.74. The predicted molar refractivity (Wildman–Crippen MR) is 159 cm³/mol. The highest BCUT2D eigenvalue weighted by molar-refractivity contribution is 6.30. The highest BCUT2D eigenvalue weighted by atomic mass is 35.5. The summed E-state index contributed by atoms with van der Waals surface area (Å²) in [6.45, 7) is 3.66. The predicted octanol–water partition coefficient (Wildman–Crippen LogP) is 2.94. The standard InChI is InChI=1S/C26H31ClN4O5.C3H3N3O2/c1-3-36-25(34)26(2,17-35-12-11-32)15-22(29-24(33)23-16-28-31-30-23)13-18-7-9-19(10-8-18)20-5-4-6-21(27)14-20;7-3(8)2-1-4-6-5-2/h4-10,14,16,22,32H,3,11-13,15,17H2,1-2H3,(H,29,33)(H,28,30,31);1H,(H,7,8)(H,4,5,6)/t22-,26+;/m1./s1. The Morgan fingerprint density at radius 2 is 1.70 bits per heavy atom. The van der Waals surface area contributed by atoms with Crippen molar-refractivity contribution in [2.75, 3.05) is 26.4 Å². The number of aliphatic hydroxyl groups is 1. The lowest BCUT2D eigenvalue weighted by Crippen LogP contribution is -2.45. The van der Waals surface area contributed by atoms with Crippen molar-refractivity contribution in [3.05, 3.63) is 82.9 Å². The zero-order valence-electron chi connectivity index (χ0n) is 24.2. The van der Waals surface area contributed by atoms with E-state index in [4.69, 9.17) is 31.3 Å². The maximum atomic E-state index is 12.9. The topological polar surface area (TPSA) is 205 Å². The molecule has 15 heteroatoms. The van der Waals surface area contributed by atoms with Crippen molar-refractivity contribution < 1.29 is 34.1 Å². The number of carbonyl (C=O) groups excluding carboxylic acids is 2. The van der Waals surface area contributed by atoms with Crippen molar-refractivity contribution in [1.82, 2.24) is 36.1 Å². The molecule has 0 fully saturated rings. The molecule has 2 atom stereocenters. The number of carbonyl (C=O) groups is 3. The number of halogens is 1. The second kappa shape index (κ2) is 16.8. The SMILES string of the molecule is CCOC(=O)[C@](C)(COCCO)C[C@@H](Cc1ccc(-c2cccc(Cl)c2)cc1)NC(=O)c1cn[nH]n1.O=C(O)c1cn[nH]n1. The lowest BCUT2D eigenvalue weighted by Gasteiger charge is -2.31. The van der Waals surface area contributed by atoms with E-state index in [9.17, 15) is 14.4 Å². The van der Waals surface area contributed by atoms with Gasteiger partial charge in [0.25, 0.3) is 5.91 Å². The Morgan fingerprint density at radius 3 is 2.25 bits per heavy atom. The molecule has 2 aromatic carbocycles. The zero-order chi connectivity index (χ0) is 32.0. The van der Waals surface area contributed by atoms with Crippen LogP contribution in [0.25, 0.3) is 11.1 Å². The number of hydrogen-bond donors (Lipinski definition) is 5. The van der Waals surface area contributed by atoms with Gasteiger partial charge in [-0.25, -0.2) is 4.79 Å². The summed E-state index contributed by atoms with van der Waals surface area (Å²) in [7, 11) is 0. The number of amides is 1. The summed E-state index contributed by atoms with van der Waals surface area (Å²) in [6.07, 6.45) is 3.18. The Balaban J connectivity index is 0.000000572. The first-order chi connectivity index (χ1) is 21.1. The molecule has 0 aliphatic carbocycles. The molecule has 234 valence electrons. The summed E-state index contributed by atoms with van der Waals surface area (Å²) in [5, 5.41) is 39.6. The summed E-state index contributed by atoms with van der Waals surface area (Å²) in [5.74, 6) is -1.91. The molecular weight excluding hydrogens is 594 g/mol. The molecule has 0 spiro atoms. The van der Waals surface area contributed by atoms with Crippen molar-refractivity contribution in [2.45, 2.75) is 32.7 Å². The molecule has 0 unspecified atom stereocenters. The monoisotopic (exact) mass is 627 g/mol. The van der Waals surface area contributed by atoms with Crippen LogP contribution in [0, 0.1) is 5.41 Å². The van der Waals surface area contributed by atoms with E-state index in [0.29, 0.717) is 11.4 Å². The van der Waals surface area contributed by atoms with Gasteiger partial charge in [-0.3, -0.25) is 9.59 Å². The largest absolute Gasteiger partial charge is 0.476 e. The second-order valence-corrected chi connectivity index (χ2v) is 10.3. The Hall–Kier alpha value is -4.66.